The molecule has 1 aromatic carbocycles. The van der Waals surface area contributed by atoms with Gasteiger partial charge in [-0.1, -0.05) is 12.2 Å². The molecule has 18 heavy (non-hydrogen) atoms. The van der Waals surface area contributed by atoms with Gasteiger partial charge in [0.15, 0.2) is 0 Å². The summed E-state index contributed by atoms with van der Waals surface area (Å²) in [6.07, 6.45) is 1.84. The zero-order valence-electron chi connectivity index (χ0n) is 10.1. The summed E-state index contributed by atoms with van der Waals surface area (Å²) in [6.45, 7) is 1.88. The zero-order valence-corrected chi connectivity index (χ0v) is 10.9. The van der Waals surface area contributed by atoms with Crippen LogP contribution in [-0.4, -0.2) is 14.8 Å². The summed E-state index contributed by atoms with van der Waals surface area (Å²) in [5.74, 6) is -0.369. The maximum Gasteiger partial charge on any atom is 0.124 e. The molecule has 2 aromatic rings. The van der Waals surface area contributed by atoms with Crippen LogP contribution in [0.4, 0.5) is 15.8 Å². The molecule has 0 radical (unpaired) electrons. The summed E-state index contributed by atoms with van der Waals surface area (Å²) in [6, 6.07) is 4.28. The second kappa shape index (κ2) is 4.73. The molecule has 94 valence electrons. The molecule has 0 aliphatic carbocycles. The smallest absolute Gasteiger partial charge is 0.124 e. The first-order chi connectivity index (χ1) is 8.47. The first kappa shape index (κ1) is 12.5. The van der Waals surface area contributed by atoms with Gasteiger partial charge in [-0.2, -0.15) is 5.10 Å². The van der Waals surface area contributed by atoms with Crippen molar-refractivity contribution in [2.45, 2.75) is 6.92 Å². The third kappa shape index (κ3) is 2.48. The van der Waals surface area contributed by atoms with Crippen LogP contribution >= 0.6 is 12.2 Å². The summed E-state index contributed by atoms with van der Waals surface area (Å²) in [7, 11) is 1.83. The van der Waals surface area contributed by atoms with E-state index in [9.17, 15) is 4.39 Å². The molecule has 0 unspecified atom stereocenters. The van der Waals surface area contributed by atoms with Gasteiger partial charge in [0.2, 0.25) is 0 Å². The Labute approximate surface area is 110 Å². The van der Waals surface area contributed by atoms with Crippen LogP contribution in [0.2, 0.25) is 0 Å². The minimum absolute atomic E-state index is 0.151. The number of halogens is 1. The number of aromatic nitrogens is 2. The second-order valence-corrected chi connectivity index (χ2v) is 4.42. The molecule has 0 amide bonds. The highest BCUT2D eigenvalue weighted by molar-refractivity contribution is 7.80. The fraction of sp³-hybridized carbons (Fsp3) is 0.167. The molecule has 0 saturated heterocycles. The third-order valence-corrected chi connectivity index (χ3v) is 2.75. The average molecular weight is 264 g/mol. The minimum Gasteiger partial charge on any atom is -0.389 e. The number of anilines is 2. The van der Waals surface area contributed by atoms with Gasteiger partial charge in [0.1, 0.15) is 10.8 Å². The topological polar surface area (TPSA) is 55.9 Å². The number of hydrogen-bond acceptors (Lipinski definition) is 3. The molecule has 0 saturated carbocycles. The molecular weight excluding hydrogens is 251 g/mol. The SMILES string of the molecule is Cc1nn(C)cc1Nc1ccc(F)cc1C(N)=S. The Morgan fingerprint density at radius 3 is 2.72 bits per heavy atom. The number of hydrogen-bond donors (Lipinski definition) is 2. The normalized spacial score (nSPS) is 10.4. The largest absolute Gasteiger partial charge is 0.389 e. The van der Waals surface area contributed by atoms with Gasteiger partial charge in [-0.25, -0.2) is 4.39 Å². The summed E-state index contributed by atoms with van der Waals surface area (Å²) >= 11 is 4.91. The zero-order chi connectivity index (χ0) is 13.3. The fourth-order valence-electron chi connectivity index (χ4n) is 1.70. The number of nitrogens with one attached hydrogen (secondary N) is 1. The Hall–Kier alpha value is -1.95. The number of benzene rings is 1. The van der Waals surface area contributed by atoms with E-state index in [1.165, 1.54) is 12.1 Å². The van der Waals surface area contributed by atoms with Crippen molar-refractivity contribution < 1.29 is 4.39 Å². The van der Waals surface area contributed by atoms with Crippen LogP contribution in [0.1, 0.15) is 11.3 Å². The maximum atomic E-state index is 13.2. The van der Waals surface area contributed by atoms with Crippen molar-refractivity contribution in [1.82, 2.24) is 9.78 Å². The predicted molar refractivity (Wildman–Crippen MR) is 73.5 cm³/mol. The fourth-order valence-corrected chi connectivity index (χ4v) is 1.87. The Morgan fingerprint density at radius 2 is 2.17 bits per heavy atom. The molecule has 0 aliphatic rings. The van der Waals surface area contributed by atoms with Gasteiger partial charge < -0.3 is 11.1 Å². The highest BCUT2D eigenvalue weighted by atomic mass is 32.1. The van der Waals surface area contributed by atoms with Gasteiger partial charge in [0.05, 0.1) is 11.4 Å². The first-order valence-electron chi connectivity index (χ1n) is 5.34. The average Bonchev–Trinajstić information content (AvgIpc) is 2.60. The molecule has 6 heteroatoms. The van der Waals surface area contributed by atoms with Gasteiger partial charge in [-0.3, -0.25) is 4.68 Å². The van der Waals surface area contributed by atoms with Crippen LogP contribution in [0.15, 0.2) is 24.4 Å². The van der Waals surface area contributed by atoms with Crippen molar-refractivity contribution in [1.29, 1.82) is 0 Å². The third-order valence-electron chi connectivity index (χ3n) is 2.53. The Morgan fingerprint density at radius 1 is 1.44 bits per heavy atom. The van der Waals surface area contributed by atoms with Crippen molar-refractivity contribution in [3.05, 3.63) is 41.5 Å². The lowest BCUT2D eigenvalue weighted by Crippen LogP contribution is -2.12. The lowest BCUT2D eigenvalue weighted by atomic mass is 10.1. The Kier molecular flexibility index (Phi) is 3.29. The monoisotopic (exact) mass is 264 g/mol. The van der Waals surface area contributed by atoms with Crippen LogP contribution in [0.5, 0.6) is 0 Å². The molecule has 1 heterocycles. The van der Waals surface area contributed by atoms with Crippen molar-refractivity contribution in [2.75, 3.05) is 5.32 Å². The summed E-state index contributed by atoms with van der Waals surface area (Å²) in [4.78, 5) is 0.151. The van der Waals surface area contributed by atoms with E-state index < -0.39 is 0 Å². The lowest BCUT2D eigenvalue weighted by Gasteiger charge is -2.10. The van der Waals surface area contributed by atoms with E-state index in [0.29, 0.717) is 11.3 Å². The minimum atomic E-state index is -0.369. The molecule has 3 N–H and O–H groups in total. The molecule has 2 rings (SSSR count). The van der Waals surface area contributed by atoms with E-state index in [1.54, 1.807) is 10.7 Å². The van der Waals surface area contributed by atoms with E-state index in [2.05, 4.69) is 10.4 Å². The van der Waals surface area contributed by atoms with Crippen molar-refractivity contribution in [3.8, 4) is 0 Å². The quantitative estimate of drug-likeness (QED) is 0.835. The molecule has 1 aromatic heterocycles. The van der Waals surface area contributed by atoms with E-state index in [-0.39, 0.29) is 10.8 Å². The molecule has 0 aliphatic heterocycles. The number of thiocarbonyl (C=S) groups is 1. The summed E-state index contributed by atoms with van der Waals surface area (Å²) in [5, 5.41) is 7.37. The molecule has 4 nitrogen and oxygen atoms in total. The predicted octanol–water partition coefficient (Wildman–Crippen LogP) is 2.25. The Bertz CT molecular complexity index is 606. The van der Waals surface area contributed by atoms with Crippen LogP contribution in [0.25, 0.3) is 0 Å². The second-order valence-electron chi connectivity index (χ2n) is 3.98. The standard InChI is InChI=1S/C12H13FN4S/c1-7-11(6-17(2)16-7)15-10-4-3-8(13)5-9(10)12(14)18/h3-6,15H,1-2H3,(H2,14,18). The molecule has 0 bridgehead atoms. The molecule has 0 fully saturated rings. The lowest BCUT2D eigenvalue weighted by molar-refractivity contribution is 0.628. The van der Waals surface area contributed by atoms with Crippen LogP contribution in [0, 0.1) is 12.7 Å². The maximum absolute atomic E-state index is 13.2. The number of nitrogens with two attached hydrogens (primary N) is 1. The molecule has 0 atom stereocenters. The highest BCUT2D eigenvalue weighted by Crippen LogP contribution is 2.23. The van der Waals surface area contributed by atoms with E-state index in [1.807, 2.05) is 20.2 Å². The number of aryl methyl sites for hydroxylation is 2. The van der Waals surface area contributed by atoms with Gasteiger partial charge in [-0.05, 0) is 25.1 Å². The van der Waals surface area contributed by atoms with Gasteiger partial charge in [-0.15, -0.1) is 0 Å². The van der Waals surface area contributed by atoms with Crippen LogP contribution in [-0.2, 0) is 7.05 Å². The van der Waals surface area contributed by atoms with E-state index >= 15 is 0 Å². The van der Waals surface area contributed by atoms with E-state index in [4.69, 9.17) is 18.0 Å². The first-order valence-corrected chi connectivity index (χ1v) is 5.75. The summed E-state index contributed by atoms with van der Waals surface area (Å²) < 4.78 is 14.9. The highest BCUT2D eigenvalue weighted by Gasteiger charge is 2.09. The van der Waals surface area contributed by atoms with Gasteiger partial charge in [0.25, 0.3) is 0 Å². The van der Waals surface area contributed by atoms with Crippen LogP contribution < -0.4 is 11.1 Å². The molecule has 0 spiro atoms. The molecular formula is C12H13FN4S. The van der Waals surface area contributed by atoms with Gasteiger partial charge >= 0.3 is 0 Å². The Balaban J connectivity index is 2.40. The van der Waals surface area contributed by atoms with Crippen molar-refractivity contribution in [3.63, 3.8) is 0 Å². The number of rotatable bonds is 3. The van der Waals surface area contributed by atoms with E-state index in [0.717, 1.165) is 11.4 Å². The van der Waals surface area contributed by atoms with Crippen LogP contribution in [0.3, 0.4) is 0 Å². The van der Waals surface area contributed by atoms with Crippen molar-refractivity contribution >= 4 is 28.6 Å². The van der Waals surface area contributed by atoms with Crippen molar-refractivity contribution in [2.24, 2.45) is 12.8 Å². The van der Waals surface area contributed by atoms with Gasteiger partial charge in [0, 0.05) is 24.5 Å². The summed E-state index contributed by atoms with van der Waals surface area (Å²) in [5.41, 5.74) is 8.41. The number of nitrogens with zero attached hydrogens (tertiary/aromatic N) is 2.